The molecule has 0 aromatic rings. The van der Waals surface area contributed by atoms with Crippen LogP contribution in [0.25, 0.3) is 0 Å². The molecule has 0 N–H and O–H groups in total. The van der Waals surface area contributed by atoms with E-state index in [-0.39, 0.29) is 57.0 Å². The molecular weight excluding hydrogens is 949 g/mol. The average Bonchev–Trinajstić information content (AvgIpc) is 3.39. The van der Waals surface area contributed by atoms with Crippen molar-refractivity contribution in [3.8, 4) is 0 Å². The Hall–Kier alpha value is -2.31. The van der Waals surface area contributed by atoms with Crippen molar-refractivity contribution >= 4 is 17.7 Å². The van der Waals surface area contributed by atoms with E-state index in [0.717, 1.165) is 0 Å². The minimum absolute atomic E-state index is 0.0667. The van der Waals surface area contributed by atoms with Crippen LogP contribution in [0.5, 0.6) is 0 Å². The van der Waals surface area contributed by atoms with Gasteiger partial charge in [0, 0.05) is 78.2 Å². The molecule has 0 aliphatic carbocycles. The highest BCUT2D eigenvalue weighted by atomic mass is 16.6. The van der Waals surface area contributed by atoms with Gasteiger partial charge in [0.15, 0.2) is 0 Å². The van der Waals surface area contributed by atoms with Gasteiger partial charge in [0.25, 0.3) is 0 Å². The van der Waals surface area contributed by atoms with Crippen LogP contribution in [0.15, 0.2) is 0 Å². The molecule has 4 rings (SSSR count). The highest BCUT2D eigenvalue weighted by Gasteiger charge is 2.32. The third kappa shape index (κ3) is 32.2. The molecule has 0 radical (unpaired) electrons. The van der Waals surface area contributed by atoms with Crippen molar-refractivity contribution < 1.29 is 85.4 Å². The first kappa shape index (κ1) is 62.2. The van der Waals surface area contributed by atoms with Crippen LogP contribution in [0.3, 0.4) is 0 Å². The number of hydrogen-bond acceptors (Lipinski definition) is 21. The van der Waals surface area contributed by atoms with E-state index in [1.54, 1.807) is 14.7 Å². The highest BCUT2D eigenvalue weighted by Crippen LogP contribution is 2.14. The van der Waals surface area contributed by atoms with Crippen LogP contribution >= 0.6 is 0 Å². The third-order valence-corrected chi connectivity index (χ3v) is 11.8. The van der Waals surface area contributed by atoms with Crippen molar-refractivity contribution in [1.82, 2.24) is 29.4 Å². The van der Waals surface area contributed by atoms with Gasteiger partial charge in [-0.3, -0.25) is 29.1 Å². The van der Waals surface area contributed by atoms with Crippen LogP contribution < -0.4 is 0 Å². The molecule has 4 aliphatic heterocycles. The second-order valence-electron chi connectivity index (χ2n) is 17.2. The summed E-state index contributed by atoms with van der Waals surface area (Å²) in [7, 11) is 0. The fourth-order valence-electron chi connectivity index (χ4n) is 7.57. The molecule has 4 saturated heterocycles. The largest absolute Gasteiger partial charge is 0.378 e. The number of amides is 3. The molecule has 4 fully saturated rings. The van der Waals surface area contributed by atoms with Gasteiger partial charge in [-0.2, -0.15) is 0 Å². The Morgan fingerprint density at radius 2 is 0.361 bits per heavy atom. The third-order valence-electron chi connectivity index (χ3n) is 11.8. The molecule has 0 saturated carbocycles. The fourth-order valence-corrected chi connectivity index (χ4v) is 7.57. The molecule has 0 aromatic carbocycles. The topological polar surface area (TPSA) is 209 Å². The van der Waals surface area contributed by atoms with Crippen LogP contribution in [-0.4, -0.2) is 324 Å². The molecule has 0 bridgehead atoms. The smallest absolute Gasteiger partial charge is 0.226 e. The zero-order valence-corrected chi connectivity index (χ0v) is 43.4. The van der Waals surface area contributed by atoms with Gasteiger partial charge in [-0.1, -0.05) is 0 Å². The van der Waals surface area contributed by atoms with Gasteiger partial charge < -0.3 is 85.8 Å². The fraction of sp³-hybridized carbons (Fsp3) is 0.938. The van der Waals surface area contributed by atoms with E-state index < -0.39 is 0 Å². The maximum atomic E-state index is 14.2. The Morgan fingerprint density at radius 3 is 0.514 bits per heavy atom. The lowest BCUT2D eigenvalue weighted by Crippen LogP contribution is -2.60. The molecule has 24 heteroatoms. The van der Waals surface area contributed by atoms with Crippen molar-refractivity contribution in [2.45, 2.75) is 19.3 Å². The number of carbonyl (C=O) groups excluding carboxylic acids is 3. The van der Waals surface area contributed by atoms with Gasteiger partial charge in [0.2, 0.25) is 17.7 Å². The minimum atomic E-state index is -0.166. The molecule has 4 heterocycles. The predicted molar refractivity (Wildman–Crippen MR) is 261 cm³/mol. The Kier molecular flexibility index (Phi) is 37.9. The van der Waals surface area contributed by atoms with Crippen molar-refractivity contribution in [3.05, 3.63) is 0 Å². The monoisotopic (exact) mass is 1040 g/mol. The maximum absolute atomic E-state index is 14.2. The molecule has 24 nitrogen and oxygen atoms in total. The lowest BCUT2D eigenvalue weighted by Gasteiger charge is -2.43. The van der Waals surface area contributed by atoms with Crippen molar-refractivity contribution in [3.63, 3.8) is 0 Å². The molecule has 0 aromatic heterocycles. The molecule has 420 valence electrons. The predicted octanol–water partition coefficient (Wildman–Crippen LogP) is -1.28. The zero-order valence-electron chi connectivity index (χ0n) is 43.4. The summed E-state index contributed by atoms with van der Waals surface area (Å²) < 4.78 is 85.3. The summed E-state index contributed by atoms with van der Waals surface area (Å²) >= 11 is 0. The van der Waals surface area contributed by atoms with Crippen molar-refractivity contribution in [2.75, 3.05) is 277 Å². The van der Waals surface area contributed by atoms with E-state index in [0.29, 0.717) is 257 Å². The van der Waals surface area contributed by atoms with Gasteiger partial charge in [-0.25, -0.2) is 0 Å². The summed E-state index contributed by atoms with van der Waals surface area (Å²) in [5, 5.41) is 0. The van der Waals surface area contributed by atoms with Crippen LogP contribution in [0.1, 0.15) is 19.3 Å². The standard InChI is InChI=1S/C48H90N6O18/c55-46(1-4-49-7-13-58-19-25-64-31-37-70-38-32-65-26-20-59-14-8-49)52-43-53(47(56)2-5-50-9-15-60-21-27-66-33-39-71-40-34-67-28-22-61-16-10-50)45-54(44-52)48(57)3-6-51-11-17-62-23-29-68-35-41-72-42-36-69-30-24-63-18-12-51/h1-45H2. The number of ether oxygens (including phenoxy) is 15. The summed E-state index contributed by atoms with van der Waals surface area (Å²) in [6.07, 6.45) is 0.517. The first-order valence-electron chi connectivity index (χ1n) is 26.2. The summed E-state index contributed by atoms with van der Waals surface area (Å²) in [5.74, 6) is -0.499. The minimum Gasteiger partial charge on any atom is -0.378 e. The van der Waals surface area contributed by atoms with Gasteiger partial charge >= 0.3 is 0 Å². The highest BCUT2D eigenvalue weighted by molar-refractivity contribution is 5.82. The van der Waals surface area contributed by atoms with E-state index in [9.17, 15) is 14.4 Å². The van der Waals surface area contributed by atoms with Gasteiger partial charge in [-0.15, -0.1) is 0 Å². The molecule has 0 spiro atoms. The molecule has 4 aliphatic rings. The number of carbonyl (C=O) groups is 3. The van der Waals surface area contributed by atoms with Crippen molar-refractivity contribution in [1.29, 1.82) is 0 Å². The molecule has 72 heavy (non-hydrogen) atoms. The van der Waals surface area contributed by atoms with Gasteiger partial charge in [-0.05, 0) is 0 Å². The maximum Gasteiger partial charge on any atom is 0.226 e. The summed E-state index contributed by atoms with van der Waals surface area (Å²) in [4.78, 5) is 53.8. The number of nitrogens with zero attached hydrogens (tertiary/aromatic N) is 6. The molecular formula is C48H90N6O18. The summed E-state index contributed by atoms with van der Waals surface area (Å²) in [6, 6.07) is 0. The summed E-state index contributed by atoms with van der Waals surface area (Å²) in [6.45, 7) is 18.8. The van der Waals surface area contributed by atoms with E-state index in [2.05, 4.69) is 14.7 Å². The summed E-state index contributed by atoms with van der Waals surface area (Å²) in [5.41, 5.74) is 0. The first-order valence-corrected chi connectivity index (χ1v) is 26.2. The Balaban J connectivity index is 1.38. The Labute approximate surface area is 428 Å². The second kappa shape index (κ2) is 43.9. The zero-order chi connectivity index (χ0) is 50.6. The van der Waals surface area contributed by atoms with Crippen LogP contribution in [-0.2, 0) is 85.4 Å². The number of rotatable bonds is 9. The quantitative estimate of drug-likeness (QED) is 0.264. The average molecular weight is 1040 g/mol. The molecule has 3 amide bonds. The SMILES string of the molecule is O=C(CCN1CCOCCOCCOCCOCCOCC1)N1CN(C(=O)CCN2CCOCCOCCOCCOCCOCC2)CN(C(=O)CCN2CCOCCOCCOCCOCCOCC2)C1. The van der Waals surface area contributed by atoms with Gasteiger partial charge in [0.1, 0.15) is 0 Å². The van der Waals surface area contributed by atoms with E-state index in [1.165, 1.54) is 0 Å². The molecule has 0 atom stereocenters. The molecule has 0 unspecified atom stereocenters. The first-order chi connectivity index (χ1) is 35.6. The second-order valence-corrected chi connectivity index (χ2v) is 17.2. The van der Waals surface area contributed by atoms with Gasteiger partial charge in [0.05, 0.1) is 218 Å². The van der Waals surface area contributed by atoms with E-state index in [1.807, 2.05) is 0 Å². The lowest BCUT2D eigenvalue weighted by atomic mass is 10.2. The Bertz CT molecular complexity index is 1130. The van der Waals surface area contributed by atoms with E-state index in [4.69, 9.17) is 71.1 Å². The van der Waals surface area contributed by atoms with Crippen LogP contribution in [0.2, 0.25) is 0 Å². The van der Waals surface area contributed by atoms with Crippen LogP contribution in [0.4, 0.5) is 0 Å². The Morgan fingerprint density at radius 1 is 0.222 bits per heavy atom. The normalized spacial score (nSPS) is 23.6. The van der Waals surface area contributed by atoms with Crippen LogP contribution in [0, 0.1) is 0 Å². The lowest BCUT2D eigenvalue weighted by molar-refractivity contribution is -0.159. The van der Waals surface area contributed by atoms with Crippen molar-refractivity contribution in [2.24, 2.45) is 0 Å². The van der Waals surface area contributed by atoms with E-state index >= 15 is 0 Å². The number of hydrogen-bond donors (Lipinski definition) is 0.